The van der Waals surface area contributed by atoms with Crippen molar-refractivity contribution in [2.75, 3.05) is 0 Å². The largest absolute Gasteiger partial charge is 0.507 e. The summed E-state index contributed by atoms with van der Waals surface area (Å²) in [5, 5.41) is 137. The van der Waals surface area contributed by atoms with Gasteiger partial charge in [-0.2, -0.15) is 13.2 Å². The second-order valence-electron chi connectivity index (χ2n) is 31.3. The standard InChI is InChI=1S/C17H12F3N3O2.2C17H15N3O2.C16H12ClN3O2.C16H12FN3O2.C15H12N4O2.C10H8FN3O2/c1-9(21)23-16(25)15-13(24)7-6-12(22-2)14(15)10-4-3-5-11(8-10)17(18,19)20;1-10-5-4-6-12(9-10)15-13(19-3)7-8-14(21)16(15)17(22)20-11(2)18;1-10-6-4-5-7-12(10)15-13(19-3)8-9-14(21)16(15)17(22)20-11(2)18;1-9(18)20-16(22)15-13(21)7-6-12(19-2)14(15)10-4-3-5-11(17)8-10;1-9(18)20-16(22)15-13(21)8-7-12(19-2)14(15)10-3-5-11(17)6-4-10;1-9(16)19-15(21)14-12(20)4-3-11(17-2)13(14)10-5-7-18-8-6-10;1-5(12)14-10(16)8-7(15)4-3-6(13-2)9(8)11/h3-8,24H,1H3,(H2,21,23,25);2*4-9,21H,1-2H3,(H2,18,20,22);2*3-8,21H,1H3,(H2,18,20,22);3-8,20H,1H3,(H2,16,19,21);3-4,15H,1H3,(H2,12,14,16). The number of aryl methyl sites for hydroxylation is 2. The Morgan fingerprint density at radius 2 is 0.560 bits per heavy atom. The molecule has 21 N–H and O–H groups in total. The Kier molecular flexibility index (Phi) is 40.9. The van der Waals surface area contributed by atoms with Crippen LogP contribution in [-0.4, -0.2) is 123 Å². The number of carbonyl (C=O) groups is 7. The average Bonchev–Trinajstić information content (AvgIpc) is 0.624. The Morgan fingerprint density at radius 3 is 0.860 bits per heavy atom. The molecule has 0 radical (unpaired) electrons. The van der Waals surface area contributed by atoms with Crippen LogP contribution in [0, 0.1) is 109 Å². The molecule has 0 saturated heterocycles. The number of amides is 7. The summed E-state index contributed by atoms with van der Waals surface area (Å²) >= 11 is 5.97. The number of hydrogen-bond acceptors (Lipinski definition) is 22. The van der Waals surface area contributed by atoms with Gasteiger partial charge in [-0.15, -0.1) is 0 Å². The van der Waals surface area contributed by atoms with Crippen LogP contribution in [0.5, 0.6) is 40.2 Å². The number of nitrogens with one attached hydrogen (secondary N) is 14. The van der Waals surface area contributed by atoms with Crippen LogP contribution in [0.25, 0.3) is 101 Å². The van der Waals surface area contributed by atoms with Gasteiger partial charge in [-0.25, -0.2) is 42.7 Å². The molecule has 36 nitrogen and oxygen atoms in total. The summed E-state index contributed by atoms with van der Waals surface area (Å²) in [7, 11) is 0. The molecule has 13 aromatic rings. The predicted molar refractivity (Wildman–Crippen MR) is 556 cm³/mol. The zero-order valence-electron chi connectivity index (χ0n) is 80.3. The van der Waals surface area contributed by atoms with Gasteiger partial charge in [-0.1, -0.05) is 138 Å². The van der Waals surface area contributed by atoms with Crippen LogP contribution in [0.2, 0.25) is 5.02 Å². The molecule has 42 heteroatoms. The van der Waals surface area contributed by atoms with Crippen LogP contribution in [-0.2, 0) is 6.18 Å². The molecule has 0 atom stereocenters. The second-order valence-corrected chi connectivity index (χ2v) is 31.7. The number of nitrogens with zero attached hydrogens (tertiary/aromatic N) is 8. The van der Waals surface area contributed by atoms with E-state index in [0.717, 1.165) is 47.5 Å². The molecule has 0 spiro atoms. The quantitative estimate of drug-likeness (QED) is 0.0221. The summed E-state index contributed by atoms with van der Waals surface area (Å²) in [5.41, 5.74) is 4.82. The van der Waals surface area contributed by atoms with Crippen molar-refractivity contribution < 1.29 is 91.3 Å². The Balaban J connectivity index is 0.000000237. The van der Waals surface area contributed by atoms with Crippen molar-refractivity contribution in [3.63, 3.8) is 0 Å². The Labute approximate surface area is 858 Å². The topological polar surface area (TPSA) is 556 Å². The molecule has 0 bridgehead atoms. The molecule has 7 amide bonds. The molecule has 0 saturated carbocycles. The normalized spacial score (nSPS) is 9.95. The number of alkyl halides is 3. The average molecular weight is 2050 g/mol. The van der Waals surface area contributed by atoms with Crippen molar-refractivity contribution >= 4 is 134 Å². The van der Waals surface area contributed by atoms with E-state index < -0.39 is 81.8 Å². The van der Waals surface area contributed by atoms with Gasteiger partial charge in [0.05, 0.1) is 126 Å². The van der Waals surface area contributed by atoms with Crippen LogP contribution in [0.3, 0.4) is 0 Å². The maximum atomic E-state index is 13.5. The van der Waals surface area contributed by atoms with Crippen molar-refractivity contribution in [2.24, 2.45) is 0 Å². The van der Waals surface area contributed by atoms with Crippen molar-refractivity contribution in [2.45, 2.75) is 68.5 Å². The third kappa shape index (κ3) is 30.4. The molecule has 1 heterocycles. The zero-order valence-corrected chi connectivity index (χ0v) is 81.0. The number of pyridine rings is 1. The fourth-order valence-electron chi connectivity index (χ4n) is 13.9. The van der Waals surface area contributed by atoms with Gasteiger partial charge < -0.3 is 73.0 Å². The fraction of sp³-hybridized carbons (Fsp3) is 0.0926. The number of aromatic hydroxyl groups is 7. The molecule has 0 fully saturated rings. The van der Waals surface area contributed by atoms with E-state index in [1.165, 1.54) is 158 Å². The minimum Gasteiger partial charge on any atom is -0.507 e. The van der Waals surface area contributed by atoms with Crippen molar-refractivity contribution in [1.29, 1.82) is 37.9 Å². The van der Waals surface area contributed by atoms with Crippen LogP contribution in [0.1, 0.15) is 138 Å². The Bertz CT molecular complexity index is 7810. The third-order valence-electron chi connectivity index (χ3n) is 20.0. The van der Waals surface area contributed by atoms with Gasteiger partial charge in [-0.05, 0) is 198 Å². The molecular formula is C108H86ClF5N22O14. The lowest BCUT2D eigenvalue weighted by atomic mass is 9.93. The van der Waals surface area contributed by atoms with Crippen LogP contribution in [0.4, 0.5) is 61.8 Å². The second kappa shape index (κ2) is 53.0. The number of halogens is 6. The molecule has 754 valence electrons. The van der Waals surface area contributed by atoms with Crippen LogP contribution in [0.15, 0.2) is 231 Å². The van der Waals surface area contributed by atoms with Gasteiger partial charge in [0, 0.05) is 50.8 Å². The molecule has 13 rings (SSSR count). The van der Waals surface area contributed by atoms with Gasteiger partial charge in [-0.3, -0.25) is 76.4 Å². The van der Waals surface area contributed by atoms with Gasteiger partial charge >= 0.3 is 6.18 Å². The molecular weight excluding hydrogens is 1960 g/mol. The van der Waals surface area contributed by atoms with E-state index in [1.54, 1.807) is 48.5 Å². The number of carbonyl (C=O) groups excluding carboxylic acids is 7. The first-order valence-corrected chi connectivity index (χ1v) is 43.4. The number of amidine groups is 7. The highest BCUT2D eigenvalue weighted by Gasteiger charge is 2.34. The smallest absolute Gasteiger partial charge is 0.416 e. The lowest BCUT2D eigenvalue weighted by Gasteiger charge is -2.15. The maximum absolute atomic E-state index is 13.5. The highest BCUT2D eigenvalue weighted by Crippen LogP contribution is 2.47. The number of benzene rings is 12. The number of aromatic nitrogens is 1. The molecule has 0 aliphatic carbocycles. The van der Waals surface area contributed by atoms with E-state index >= 15 is 0 Å². The molecule has 0 aliphatic rings. The van der Waals surface area contributed by atoms with Crippen molar-refractivity contribution in [1.82, 2.24) is 42.2 Å². The summed E-state index contributed by atoms with van der Waals surface area (Å²) in [6.45, 7) is 63.7. The first-order chi connectivity index (χ1) is 70.9. The van der Waals surface area contributed by atoms with Gasteiger partial charge in [0.15, 0.2) is 34.1 Å². The molecule has 0 aliphatic heterocycles. The maximum Gasteiger partial charge on any atom is 0.416 e. The molecule has 1 aromatic heterocycles. The van der Waals surface area contributed by atoms with Gasteiger partial charge in [0.1, 0.15) is 57.4 Å². The van der Waals surface area contributed by atoms with E-state index in [1.807, 2.05) is 55.6 Å². The first-order valence-electron chi connectivity index (χ1n) is 43.0. The minimum atomic E-state index is -4.60. The summed E-state index contributed by atoms with van der Waals surface area (Å²) in [4.78, 5) is 112. The molecule has 0 unspecified atom stereocenters. The van der Waals surface area contributed by atoms with E-state index in [9.17, 15) is 91.3 Å². The first kappa shape index (κ1) is 116. The number of rotatable bonds is 13. The summed E-state index contributed by atoms with van der Waals surface area (Å²) in [6.07, 6.45) is -1.52. The molecule has 150 heavy (non-hydrogen) atoms. The SMILES string of the molecule is [C-]#[N+]c1ccc(O)c(C(=O)NC(C)=N)c1-c1ccc(F)cc1.[C-]#[N+]c1ccc(O)c(C(=O)NC(C)=N)c1-c1cccc(C(F)(F)F)c1.[C-]#[N+]c1ccc(O)c(C(=O)NC(C)=N)c1-c1cccc(C)c1.[C-]#[N+]c1ccc(O)c(C(=O)NC(C)=N)c1-c1cccc(Cl)c1.[C-]#[N+]c1ccc(O)c(C(=O)NC(C)=N)c1-c1ccccc1C.[C-]#[N+]c1ccc(O)c(C(=O)NC(C)=N)c1-c1ccncc1.[C-]#[N+]c1ccc(O)c(C(=O)NC(C)=N)c1F. The number of hydrogen-bond donors (Lipinski definition) is 21. The van der Waals surface area contributed by atoms with Gasteiger partial charge in [0.2, 0.25) is 5.69 Å². The number of phenolic OH excluding ortho intramolecular Hbond substituents is 7. The van der Waals surface area contributed by atoms with E-state index in [0.29, 0.717) is 49.5 Å². The highest BCUT2D eigenvalue weighted by atomic mass is 35.5. The zero-order chi connectivity index (χ0) is 112. The Morgan fingerprint density at radius 1 is 0.300 bits per heavy atom. The summed E-state index contributed by atoms with van der Waals surface area (Å²) < 4.78 is 65.5. The van der Waals surface area contributed by atoms with Gasteiger partial charge in [0.25, 0.3) is 41.4 Å². The van der Waals surface area contributed by atoms with Crippen LogP contribution < -0.4 is 37.2 Å². The fourth-order valence-corrected chi connectivity index (χ4v) is 14.1. The number of phenols is 7. The monoisotopic (exact) mass is 2040 g/mol. The van der Waals surface area contributed by atoms with Crippen LogP contribution >= 0.6 is 11.6 Å². The van der Waals surface area contributed by atoms with Crippen molar-refractivity contribution in [3.8, 4) is 107 Å². The lowest BCUT2D eigenvalue weighted by molar-refractivity contribution is -0.137. The summed E-state index contributed by atoms with van der Waals surface area (Å²) in [5.74, 6) is -9.55. The summed E-state index contributed by atoms with van der Waals surface area (Å²) in [6, 6.07) is 52.2. The third-order valence-corrected chi connectivity index (χ3v) is 20.3. The molecule has 12 aromatic carbocycles. The highest BCUT2D eigenvalue weighted by molar-refractivity contribution is 6.31. The van der Waals surface area contributed by atoms with E-state index in [4.69, 9.17) is 95.5 Å². The lowest BCUT2D eigenvalue weighted by Crippen LogP contribution is -2.28. The Hall–Kier alpha value is -21.3. The predicted octanol–water partition coefficient (Wildman–Crippen LogP) is 23.7. The van der Waals surface area contributed by atoms with E-state index in [-0.39, 0.29) is 165 Å². The minimum absolute atomic E-state index is 0.00528. The van der Waals surface area contributed by atoms with Crippen molar-refractivity contribution in [3.05, 3.63) is 383 Å². The van der Waals surface area contributed by atoms with E-state index in [2.05, 4.69) is 70.8 Å².